The first-order valence-electron chi connectivity index (χ1n) is 19.3. The van der Waals surface area contributed by atoms with Gasteiger partial charge in [-0.05, 0) is 121 Å². The fourth-order valence-corrected chi connectivity index (χ4v) is 8.68. The Labute approximate surface area is 325 Å². The third kappa shape index (κ3) is 5.34. The molecule has 0 saturated heterocycles. The summed E-state index contributed by atoms with van der Waals surface area (Å²) in [6.07, 6.45) is 0. The van der Waals surface area contributed by atoms with Crippen molar-refractivity contribution in [2.75, 3.05) is 4.90 Å². The molecule has 262 valence electrons. The van der Waals surface area contributed by atoms with E-state index in [2.05, 4.69) is 228 Å². The van der Waals surface area contributed by atoms with Crippen LogP contribution in [0.25, 0.3) is 82.1 Å². The molecule has 1 heterocycles. The maximum Gasteiger partial charge on any atom is 0.0561 e. The Morgan fingerprint density at radius 3 is 1.73 bits per heavy atom. The molecule has 0 amide bonds. The highest BCUT2D eigenvalue weighted by Crippen LogP contribution is 2.42. The number of benzene rings is 10. The number of aromatic nitrogens is 1. The Bertz CT molecular complexity index is 3250. The second kappa shape index (κ2) is 13.2. The van der Waals surface area contributed by atoms with Gasteiger partial charge in [0, 0.05) is 33.5 Å². The topological polar surface area (TPSA) is 8.17 Å². The van der Waals surface area contributed by atoms with Gasteiger partial charge in [0.15, 0.2) is 0 Å². The van der Waals surface area contributed by atoms with Gasteiger partial charge in [-0.25, -0.2) is 0 Å². The number of hydrogen-bond donors (Lipinski definition) is 0. The number of para-hydroxylation sites is 2. The molecular formula is C54H36N2. The van der Waals surface area contributed by atoms with Crippen molar-refractivity contribution < 1.29 is 0 Å². The molecule has 0 atom stereocenters. The average molecular weight is 713 g/mol. The van der Waals surface area contributed by atoms with Crippen molar-refractivity contribution >= 4 is 71.2 Å². The molecule has 0 spiro atoms. The maximum absolute atomic E-state index is 2.39. The molecule has 0 fully saturated rings. The molecule has 11 rings (SSSR count). The summed E-state index contributed by atoms with van der Waals surface area (Å²) >= 11 is 0. The summed E-state index contributed by atoms with van der Waals surface area (Å²) in [5.41, 5.74) is 11.7. The van der Waals surface area contributed by atoms with E-state index in [1.165, 1.54) is 76.4 Å². The van der Waals surface area contributed by atoms with E-state index in [1.54, 1.807) is 0 Å². The van der Waals surface area contributed by atoms with Crippen LogP contribution in [0.15, 0.2) is 218 Å². The predicted octanol–water partition coefficient (Wildman–Crippen LogP) is 15.0. The van der Waals surface area contributed by atoms with Gasteiger partial charge in [0.1, 0.15) is 0 Å². The van der Waals surface area contributed by atoms with E-state index >= 15 is 0 Å². The van der Waals surface area contributed by atoms with Crippen molar-refractivity contribution in [3.05, 3.63) is 218 Å². The molecule has 0 radical (unpaired) electrons. The molecule has 11 aromatic rings. The first-order chi connectivity index (χ1) is 27.8. The lowest BCUT2D eigenvalue weighted by atomic mass is 9.92. The predicted molar refractivity (Wildman–Crippen MR) is 239 cm³/mol. The molecule has 0 aliphatic rings. The highest BCUT2D eigenvalue weighted by molar-refractivity contribution is 6.14. The molecule has 0 N–H and O–H groups in total. The third-order valence-electron chi connectivity index (χ3n) is 11.3. The Morgan fingerprint density at radius 2 is 0.893 bits per heavy atom. The largest absolute Gasteiger partial charge is 0.310 e. The molecule has 0 aliphatic carbocycles. The standard InChI is InChI=1S/C54H36N2/c1-2-18-43(19-3-1)56-53-24-11-10-23-50(53)51-32-31-46(36-54(51)56)55(45-30-27-37-13-4-5-14-40(37)34-45)44-28-25-38(26-29-44)39-16-12-17-41(33-39)52-35-42-15-6-7-20-47(42)48-21-8-9-22-49(48)52/h1-36H. The third-order valence-corrected chi connectivity index (χ3v) is 11.3. The summed E-state index contributed by atoms with van der Waals surface area (Å²) < 4.78 is 2.39. The Balaban J connectivity index is 1.04. The first kappa shape index (κ1) is 32.0. The molecule has 0 aliphatic heterocycles. The van der Waals surface area contributed by atoms with Crippen LogP contribution in [-0.2, 0) is 0 Å². The Morgan fingerprint density at radius 1 is 0.286 bits per heavy atom. The van der Waals surface area contributed by atoms with Crippen LogP contribution in [0, 0.1) is 0 Å². The number of nitrogens with zero attached hydrogens (tertiary/aromatic N) is 2. The number of anilines is 3. The van der Waals surface area contributed by atoms with Gasteiger partial charge >= 0.3 is 0 Å². The minimum Gasteiger partial charge on any atom is -0.310 e. The minimum atomic E-state index is 1.10. The smallest absolute Gasteiger partial charge is 0.0561 e. The lowest BCUT2D eigenvalue weighted by Gasteiger charge is -2.26. The van der Waals surface area contributed by atoms with Crippen LogP contribution in [0.3, 0.4) is 0 Å². The van der Waals surface area contributed by atoms with Crippen LogP contribution in [0.1, 0.15) is 0 Å². The summed E-state index contributed by atoms with van der Waals surface area (Å²) in [4.78, 5) is 2.39. The normalized spacial score (nSPS) is 11.6. The molecule has 0 bridgehead atoms. The number of rotatable bonds is 6. The van der Waals surface area contributed by atoms with Gasteiger partial charge < -0.3 is 9.47 Å². The van der Waals surface area contributed by atoms with E-state index in [0.29, 0.717) is 0 Å². The number of hydrogen-bond acceptors (Lipinski definition) is 1. The zero-order chi connectivity index (χ0) is 37.0. The lowest BCUT2D eigenvalue weighted by Crippen LogP contribution is -2.10. The van der Waals surface area contributed by atoms with Crippen LogP contribution < -0.4 is 4.90 Å². The van der Waals surface area contributed by atoms with E-state index in [0.717, 1.165) is 22.7 Å². The van der Waals surface area contributed by atoms with Crippen LogP contribution in [0.4, 0.5) is 17.1 Å². The van der Waals surface area contributed by atoms with Crippen molar-refractivity contribution in [2.24, 2.45) is 0 Å². The van der Waals surface area contributed by atoms with Gasteiger partial charge in [0.25, 0.3) is 0 Å². The SMILES string of the molecule is c1ccc(-n2c3ccccc3c3ccc(N(c4ccc(-c5cccc(-c6cc7ccccc7c7ccccc67)c5)cc4)c4ccc5ccccc5c4)cc32)cc1. The van der Waals surface area contributed by atoms with Gasteiger partial charge in [-0.1, -0.05) is 152 Å². The molecule has 1 aromatic heterocycles. The molecule has 2 nitrogen and oxygen atoms in total. The van der Waals surface area contributed by atoms with Gasteiger partial charge in [0.2, 0.25) is 0 Å². The van der Waals surface area contributed by atoms with Gasteiger partial charge in [-0.2, -0.15) is 0 Å². The van der Waals surface area contributed by atoms with Crippen LogP contribution in [0.5, 0.6) is 0 Å². The summed E-state index contributed by atoms with van der Waals surface area (Å²) in [5, 5.41) is 10.0. The molecule has 0 saturated carbocycles. The fraction of sp³-hybridized carbons (Fsp3) is 0. The van der Waals surface area contributed by atoms with Crippen molar-refractivity contribution in [2.45, 2.75) is 0 Å². The summed E-state index contributed by atoms with van der Waals surface area (Å²) in [7, 11) is 0. The van der Waals surface area contributed by atoms with Crippen LogP contribution in [-0.4, -0.2) is 4.57 Å². The quantitative estimate of drug-likeness (QED) is 0.156. The zero-order valence-electron chi connectivity index (χ0n) is 30.7. The summed E-state index contributed by atoms with van der Waals surface area (Å²) in [6.45, 7) is 0. The van der Waals surface area contributed by atoms with Crippen LogP contribution >= 0.6 is 0 Å². The molecule has 2 heteroatoms. The Kier molecular flexibility index (Phi) is 7.53. The molecule has 10 aromatic carbocycles. The summed E-state index contributed by atoms with van der Waals surface area (Å²) in [6, 6.07) is 79.5. The fourth-order valence-electron chi connectivity index (χ4n) is 8.68. The van der Waals surface area contributed by atoms with Crippen molar-refractivity contribution in [3.8, 4) is 27.9 Å². The highest BCUT2D eigenvalue weighted by atomic mass is 15.1. The van der Waals surface area contributed by atoms with E-state index in [1.807, 2.05) is 0 Å². The molecule has 56 heavy (non-hydrogen) atoms. The van der Waals surface area contributed by atoms with Gasteiger partial charge in [-0.3, -0.25) is 0 Å². The number of fused-ring (bicyclic) bond motifs is 7. The van der Waals surface area contributed by atoms with E-state index in [-0.39, 0.29) is 0 Å². The van der Waals surface area contributed by atoms with Crippen molar-refractivity contribution in [1.29, 1.82) is 0 Å². The second-order valence-corrected chi connectivity index (χ2v) is 14.6. The monoisotopic (exact) mass is 712 g/mol. The van der Waals surface area contributed by atoms with Crippen LogP contribution in [0.2, 0.25) is 0 Å². The Hall–Kier alpha value is -7.42. The van der Waals surface area contributed by atoms with Gasteiger partial charge in [-0.15, -0.1) is 0 Å². The maximum atomic E-state index is 2.39. The van der Waals surface area contributed by atoms with E-state index in [4.69, 9.17) is 0 Å². The van der Waals surface area contributed by atoms with E-state index < -0.39 is 0 Å². The highest BCUT2D eigenvalue weighted by Gasteiger charge is 2.18. The van der Waals surface area contributed by atoms with Crippen molar-refractivity contribution in [1.82, 2.24) is 4.57 Å². The molecular weight excluding hydrogens is 677 g/mol. The lowest BCUT2D eigenvalue weighted by molar-refractivity contribution is 1.18. The van der Waals surface area contributed by atoms with E-state index in [9.17, 15) is 0 Å². The second-order valence-electron chi connectivity index (χ2n) is 14.6. The average Bonchev–Trinajstić information content (AvgIpc) is 3.60. The molecule has 0 unspecified atom stereocenters. The minimum absolute atomic E-state index is 1.10. The summed E-state index contributed by atoms with van der Waals surface area (Å²) in [5.74, 6) is 0. The van der Waals surface area contributed by atoms with Gasteiger partial charge in [0.05, 0.1) is 11.0 Å². The first-order valence-corrected chi connectivity index (χ1v) is 19.3. The van der Waals surface area contributed by atoms with Crippen molar-refractivity contribution in [3.63, 3.8) is 0 Å². The zero-order valence-corrected chi connectivity index (χ0v) is 30.7.